The van der Waals surface area contributed by atoms with Crippen LogP contribution in [0.25, 0.3) is 0 Å². The molecule has 3 aliphatic carbocycles. The highest BCUT2D eigenvalue weighted by molar-refractivity contribution is 4.90. The Labute approximate surface area is 196 Å². The van der Waals surface area contributed by atoms with Crippen LogP contribution in [0.1, 0.15) is 84.5 Å². The number of hydrogen-bond acceptors (Lipinski definition) is 7. The molecule has 188 valence electrons. The van der Waals surface area contributed by atoms with Crippen LogP contribution in [0.15, 0.2) is 0 Å². The topological polar surface area (TPSA) is 112 Å². The van der Waals surface area contributed by atoms with Gasteiger partial charge in [-0.3, -0.25) is 20.9 Å². The van der Waals surface area contributed by atoms with E-state index < -0.39 is 6.23 Å². The average Bonchev–Trinajstić information content (AvgIpc) is 2.75. The average molecular weight is 453 g/mol. The van der Waals surface area contributed by atoms with Crippen LogP contribution < -0.4 is 27.4 Å². The standard InChI is InChI=1S/C25H52N6O/c1-16-8-5-6-10-20(16)23(31(3)4)30-25(27)29-19-14-12-18(13-15-19)28-24(32)21-11-7-9-17(2)22(21)26/h16-25,28-30,32H,5-15,26-27H2,1-4H3. The molecule has 8 atom stereocenters. The Morgan fingerprint density at radius 3 is 1.97 bits per heavy atom. The summed E-state index contributed by atoms with van der Waals surface area (Å²) >= 11 is 0. The van der Waals surface area contributed by atoms with Gasteiger partial charge in [-0.1, -0.05) is 39.5 Å². The first-order valence-electron chi connectivity index (χ1n) is 13.4. The molecule has 0 aromatic rings. The van der Waals surface area contributed by atoms with E-state index >= 15 is 0 Å². The number of aliphatic hydroxyl groups is 1. The van der Waals surface area contributed by atoms with Gasteiger partial charge in [-0.2, -0.15) is 0 Å². The molecule has 0 amide bonds. The van der Waals surface area contributed by atoms with Crippen molar-refractivity contribution in [2.75, 3.05) is 14.1 Å². The van der Waals surface area contributed by atoms with Crippen LogP contribution in [-0.2, 0) is 0 Å². The van der Waals surface area contributed by atoms with E-state index in [2.05, 4.69) is 48.8 Å². The maximum Gasteiger partial charge on any atom is 0.110 e. The van der Waals surface area contributed by atoms with Crippen LogP contribution in [0.4, 0.5) is 0 Å². The predicted octanol–water partition coefficient (Wildman–Crippen LogP) is 2.10. The van der Waals surface area contributed by atoms with Gasteiger partial charge in [0, 0.05) is 24.0 Å². The van der Waals surface area contributed by atoms with Gasteiger partial charge in [-0.05, 0) is 76.8 Å². The van der Waals surface area contributed by atoms with Crippen molar-refractivity contribution in [2.24, 2.45) is 35.1 Å². The van der Waals surface area contributed by atoms with Crippen molar-refractivity contribution in [3.63, 3.8) is 0 Å². The van der Waals surface area contributed by atoms with Gasteiger partial charge in [0.1, 0.15) is 12.5 Å². The summed E-state index contributed by atoms with van der Waals surface area (Å²) in [6.45, 7) is 4.61. The molecule has 32 heavy (non-hydrogen) atoms. The molecule has 3 aliphatic rings. The van der Waals surface area contributed by atoms with Crippen molar-refractivity contribution in [1.82, 2.24) is 20.9 Å². The van der Waals surface area contributed by atoms with Gasteiger partial charge in [0.25, 0.3) is 0 Å². The van der Waals surface area contributed by atoms with E-state index in [1.807, 2.05) is 0 Å². The molecule has 3 rings (SSSR count). The molecule has 8 unspecified atom stereocenters. The Morgan fingerprint density at radius 1 is 0.781 bits per heavy atom. The molecule has 0 bridgehead atoms. The van der Waals surface area contributed by atoms with Crippen molar-refractivity contribution in [3.8, 4) is 0 Å². The number of nitrogens with zero attached hydrogens (tertiary/aromatic N) is 1. The molecular weight excluding hydrogens is 400 g/mol. The molecule has 0 saturated heterocycles. The predicted molar refractivity (Wildman–Crippen MR) is 133 cm³/mol. The second kappa shape index (κ2) is 12.4. The quantitative estimate of drug-likeness (QED) is 0.297. The lowest BCUT2D eigenvalue weighted by molar-refractivity contribution is 0.0173. The molecule has 3 saturated carbocycles. The van der Waals surface area contributed by atoms with Crippen molar-refractivity contribution < 1.29 is 5.11 Å². The minimum atomic E-state index is -0.482. The molecular formula is C25H52N6O. The summed E-state index contributed by atoms with van der Waals surface area (Å²) in [6, 6.07) is 0.898. The summed E-state index contributed by atoms with van der Waals surface area (Å²) in [7, 11) is 4.32. The second-order valence-corrected chi connectivity index (χ2v) is 11.5. The molecule has 0 spiro atoms. The fraction of sp³-hybridized carbons (Fsp3) is 1.00. The van der Waals surface area contributed by atoms with E-state index in [1.54, 1.807) is 0 Å². The number of nitrogens with one attached hydrogen (secondary N) is 3. The van der Waals surface area contributed by atoms with Gasteiger partial charge in [-0.15, -0.1) is 0 Å². The van der Waals surface area contributed by atoms with E-state index in [4.69, 9.17) is 11.5 Å². The molecule has 0 heterocycles. The number of rotatable bonds is 9. The molecule has 0 aliphatic heterocycles. The zero-order valence-corrected chi connectivity index (χ0v) is 21.1. The van der Waals surface area contributed by atoms with Crippen LogP contribution in [0.5, 0.6) is 0 Å². The first-order chi connectivity index (χ1) is 15.3. The molecule has 3 fully saturated rings. The fourth-order valence-corrected chi connectivity index (χ4v) is 6.60. The van der Waals surface area contributed by atoms with E-state index in [9.17, 15) is 5.11 Å². The summed E-state index contributed by atoms with van der Waals surface area (Å²) in [4.78, 5) is 2.30. The molecule has 7 nitrogen and oxygen atoms in total. The lowest BCUT2D eigenvalue weighted by Gasteiger charge is -2.42. The molecule has 0 aromatic carbocycles. The summed E-state index contributed by atoms with van der Waals surface area (Å²) in [5, 5.41) is 21.6. The highest BCUT2D eigenvalue weighted by Crippen LogP contribution is 2.33. The van der Waals surface area contributed by atoms with Crippen LogP contribution in [-0.4, -0.2) is 60.9 Å². The largest absolute Gasteiger partial charge is 0.378 e. The third-order valence-electron chi connectivity index (χ3n) is 8.79. The Kier molecular flexibility index (Phi) is 10.2. The van der Waals surface area contributed by atoms with Gasteiger partial charge < -0.3 is 16.6 Å². The van der Waals surface area contributed by atoms with E-state index in [-0.39, 0.29) is 18.2 Å². The van der Waals surface area contributed by atoms with Crippen molar-refractivity contribution in [1.29, 1.82) is 0 Å². The summed E-state index contributed by atoms with van der Waals surface area (Å²) < 4.78 is 0. The summed E-state index contributed by atoms with van der Waals surface area (Å²) in [6.07, 6.45) is 12.6. The van der Waals surface area contributed by atoms with Gasteiger partial charge in [0.05, 0.1) is 6.17 Å². The molecule has 8 N–H and O–H groups in total. The van der Waals surface area contributed by atoms with Crippen LogP contribution >= 0.6 is 0 Å². The van der Waals surface area contributed by atoms with Crippen molar-refractivity contribution in [2.45, 2.75) is 121 Å². The Balaban J connectivity index is 1.41. The molecule has 0 aromatic heterocycles. The second-order valence-electron chi connectivity index (χ2n) is 11.5. The van der Waals surface area contributed by atoms with E-state index in [0.29, 0.717) is 30.1 Å². The van der Waals surface area contributed by atoms with Crippen LogP contribution in [0.2, 0.25) is 0 Å². The maximum absolute atomic E-state index is 10.8. The van der Waals surface area contributed by atoms with E-state index in [1.165, 1.54) is 38.5 Å². The highest BCUT2D eigenvalue weighted by Gasteiger charge is 2.35. The zero-order valence-electron chi connectivity index (χ0n) is 21.1. The third-order valence-corrected chi connectivity index (χ3v) is 8.79. The first kappa shape index (κ1) is 26.3. The van der Waals surface area contributed by atoms with Gasteiger partial charge >= 0.3 is 0 Å². The number of hydrogen-bond donors (Lipinski definition) is 6. The van der Waals surface area contributed by atoms with Gasteiger partial charge in [0.2, 0.25) is 0 Å². The number of aliphatic hydroxyl groups excluding tert-OH is 1. The first-order valence-corrected chi connectivity index (χ1v) is 13.4. The maximum atomic E-state index is 10.8. The van der Waals surface area contributed by atoms with Gasteiger partial charge in [-0.25, -0.2) is 0 Å². The molecule has 7 heteroatoms. The van der Waals surface area contributed by atoms with Crippen LogP contribution in [0, 0.1) is 23.7 Å². The van der Waals surface area contributed by atoms with E-state index in [0.717, 1.165) is 38.0 Å². The third kappa shape index (κ3) is 7.11. The summed E-state index contributed by atoms with van der Waals surface area (Å²) in [5.41, 5.74) is 12.9. The van der Waals surface area contributed by atoms with Crippen molar-refractivity contribution in [3.05, 3.63) is 0 Å². The lowest BCUT2D eigenvalue weighted by Crippen LogP contribution is -2.62. The minimum absolute atomic E-state index is 0.102. The highest BCUT2D eigenvalue weighted by atomic mass is 16.3. The normalized spacial score (nSPS) is 39.6. The Bertz CT molecular complexity index is 541. The summed E-state index contributed by atoms with van der Waals surface area (Å²) in [5.74, 6) is 2.07. The lowest BCUT2D eigenvalue weighted by atomic mass is 9.77. The Hall–Kier alpha value is -0.280. The molecule has 0 radical (unpaired) electrons. The minimum Gasteiger partial charge on any atom is -0.378 e. The monoisotopic (exact) mass is 452 g/mol. The van der Waals surface area contributed by atoms with Crippen LogP contribution in [0.3, 0.4) is 0 Å². The Morgan fingerprint density at radius 2 is 1.34 bits per heavy atom. The zero-order chi connectivity index (χ0) is 23.3. The fourth-order valence-electron chi connectivity index (χ4n) is 6.60. The number of nitrogens with two attached hydrogens (primary N) is 2. The van der Waals surface area contributed by atoms with Gasteiger partial charge in [0.15, 0.2) is 0 Å². The SMILES string of the molecule is CC1CCCC(C(O)NC2CCC(NC(N)NC(C3CCCCC3C)N(C)C)CC2)C1N. The van der Waals surface area contributed by atoms with Crippen molar-refractivity contribution >= 4 is 0 Å². The smallest absolute Gasteiger partial charge is 0.110 e.